The van der Waals surface area contributed by atoms with E-state index in [1.165, 1.54) is 0 Å². The van der Waals surface area contributed by atoms with Crippen molar-refractivity contribution in [2.75, 3.05) is 10.6 Å². The lowest BCUT2D eigenvalue weighted by Crippen LogP contribution is -1.96. The number of para-hydroxylation sites is 4. The van der Waals surface area contributed by atoms with Gasteiger partial charge in [0.05, 0.1) is 11.4 Å². The molecule has 0 bridgehead atoms. The molecular weight excluding hydrogens is 492 g/mol. The number of benzene rings is 6. The summed E-state index contributed by atoms with van der Waals surface area (Å²) in [5.74, 6) is 0. The van der Waals surface area contributed by atoms with Crippen LogP contribution in [0.25, 0.3) is 55.0 Å². The number of nitrogens with one attached hydrogen (secondary N) is 2. The van der Waals surface area contributed by atoms with Crippen LogP contribution in [0.1, 0.15) is 0 Å². The van der Waals surface area contributed by atoms with Gasteiger partial charge in [-0.2, -0.15) is 0 Å². The van der Waals surface area contributed by atoms with Gasteiger partial charge in [-0.1, -0.05) is 91.0 Å². The van der Waals surface area contributed by atoms with Crippen molar-refractivity contribution in [2.24, 2.45) is 0 Å². The lowest BCUT2D eigenvalue weighted by molar-refractivity contribution is 0.670. The van der Waals surface area contributed by atoms with Crippen LogP contribution in [0.5, 0.6) is 0 Å². The Kier molecular flexibility index (Phi) is 5.10. The molecule has 2 heterocycles. The van der Waals surface area contributed by atoms with E-state index in [-0.39, 0.29) is 0 Å². The second kappa shape index (κ2) is 9.07. The Morgan fingerprint density at radius 1 is 0.375 bits per heavy atom. The van der Waals surface area contributed by atoms with Gasteiger partial charge >= 0.3 is 0 Å². The van der Waals surface area contributed by atoms with Crippen LogP contribution >= 0.6 is 0 Å². The van der Waals surface area contributed by atoms with E-state index in [2.05, 4.69) is 102 Å². The van der Waals surface area contributed by atoms with Crippen molar-refractivity contribution < 1.29 is 8.83 Å². The Morgan fingerprint density at radius 3 is 1.40 bits per heavy atom. The Labute approximate surface area is 230 Å². The zero-order valence-electron chi connectivity index (χ0n) is 21.5. The van der Waals surface area contributed by atoms with Crippen molar-refractivity contribution in [1.29, 1.82) is 0 Å². The zero-order chi connectivity index (χ0) is 26.5. The minimum atomic E-state index is 0.843. The summed E-state index contributed by atoms with van der Waals surface area (Å²) in [5, 5.41) is 11.7. The van der Waals surface area contributed by atoms with E-state index in [1.807, 2.05) is 42.5 Å². The summed E-state index contributed by atoms with van der Waals surface area (Å²) in [4.78, 5) is 0. The third-order valence-electron chi connectivity index (χ3n) is 7.41. The second-order valence-electron chi connectivity index (χ2n) is 9.98. The van der Waals surface area contributed by atoms with Gasteiger partial charge < -0.3 is 19.5 Å². The topological polar surface area (TPSA) is 50.3 Å². The minimum absolute atomic E-state index is 0.843. The van der Waals surface area contributed by atoms with Crippen molar-refractivity contribution in [3.05, 3.63) is 133 Å². The number of hydrogen-bond acceptors (Lipinski definition) is 4. The van der Waals surface area contributed by atoms with Crippen molar-refractivity contribution in [3.8, 4) is 11.1 Å². The first-order chi connectivity index (χ1) is 19.8. The molecule has 8 aromatic rings. The first kappa shape index (κ1) is 22.5. The largest absolute Gasteiger partial charge is 0.454 e. The molecule has 4 nitrogen and oxygen atoms in total. The van der Waals surface area contributed by atoms with Crippen molar-refractivity contribution in [2.45, 2.75) is 0 Å². The third-order valence-corrected chi connectivity index (χ3v) is 7.41. The van der Waals surface area contributed by atoms with E-state index in [0.717, 1.165) is 77.8 Å². The Bertz CT molecular complexity index is 2040. The maximum atomic E-state index is 6.28. The van der Waals surface area contributed by atoms with Crippen molar-refractivity contribution >= 4 is 66.6 Å². The summed E-state index contributed by atoms with van der Waals surface area (Å²) in [6.07, 6.45) is 0. The molecule has 2 aromatic heterocycles. The fourth-order valence-electron chi connectivity index (χ4n) is 5.57. The van der Waals surface area contributed by atoms with E-state index in [9.17, 15) is 0 Å². The van der Waals surface area contributed by atoms with Crippen LogP contribution in [0.2, 0.25) is 0 Å². The van der Waals surface area contributed by atoms with Crippen LogP contribution in [0, 0.1) is 0 Å². The molecule has 0 unspecified atom stereocenters. The molecule has 0 amide bonds. The van der Waals surface area contributed by atoms with Crippen LogP contribution in [0.4, 0.5) is 22.7 Å². The highest BCUT2D eigenvalue weighted by Crippen LogP contribution is 2.38. The standard InChI is InChI=1S/C36H24N2O2/c1-2-10-23(11-3-1)24-20-25(37-31-16-8-14-29-27-12-4-6-18-33(27)39-35(29)31)22-26(21-24)38-32-17-9-15-30-28-13-5-7-19-34(28)40-36(30)32/h1-22,37-38H. The van der Waals surface area contributed by atoms with Gasteiger partial charge in [-0.15, -0.1) is 0 Å². The molecule has 0 aliphatic heterocycles. The molecular formula is C36H24N2O2. The van der Waals surface area contributed by atoms with E-state index < -0.39 is 0 Å². The van der Waals surface area contributed by atoms with E-state index >= 15 is 0 Å². The number of rotatable bonds is 5. The molecule has 2 N–H and O–H groups in total. The van der Waals surface area contributed by atoms with Gasteiger partial charge in [0.25, 0.3) is 0 Å². The predicted octanol–water partition coefficient (Wildman–Crippen LogP) is 10.6. The molecule has 0 saturated carbocycles. The van der Waals surface area contributed by atoms with Crippen molar-refractivity contribution in [3.63, 3.8) is 0 Å². The van der Waals surface area contributed by atoms with Crippen molar-refractivity contribution in [1.82, 2.24) is 0 Å². The van der Waals surface area contributed by atoms with Gasteiger partial charge in [-0.3, -0.25) is 0 Å². The first-order valence-electron chi connectivity index (χ1n) is 13.4. The summed E-state index contributed by atoms with van der Waals surface area (Å²) in [7, 11) is 0. The van der Waals surface area contributed by atoms with Crippen LogP contribution < -0.4 is 10.6 Å². The maximum absolute atomic E-state index is 6.28. The summed E-state index contributed by atoms with van der Waals surface area (Å²) >= 11 is 0. The highest BCUT2D eigenvalue weighted by atomic mass is 16.3. The SMILES string of the molecule is c1ccc(-c2cc(Nc3cccc4c3oc3ccccc34)cc(Nc3cccc4c3oc3ccccc34)c2)cc1. The first-order valence-corrected chi connectivity index (χ1v) is 13.4. The Morgan fingerprint density at radius 2 is 0.850 bits per heavy atom. The summed E-state index contributed by atoms with van der Waals surface area (Å²) < 4.78 is 12.6. The average Bonchev–Trinajstić information content (AvgIpc) is 3.58. The van der Waals surface area contributed by atoms with Gasteiger partial charge in [0.2, 0.25) is 0 Å². The van der Waals surface area contributed by atoms with Crippen LogP contribution in [-0.4, -0.2) is 0 Å². The smallest absolute Gasteiger partial charge is 0.158 e. The third kappa shape index (κ3) is 3.77. The fraction of sp³-hybridized carbons (Fsp3) is 0. The molecule has 0 aliphatic carbocycles. The molecule has 0 radical (unpaired) electrons. The molecule has 0 atom stereocenters. The average molecular weight is 517 g/mol. The number of anilines is 4. The number of fused-ring (bicyclic) bond motifs is 6. The van der Waals surface area contributed by atoms with Crippen LogP contribution in [0.15, 0.2) is 142 Å². The maximum Gasteiger partial charge on any atom is 0.158 e. The van der Waals surface area contributed by atoms with Gasteiger partial charge in [0.15, 0.2) is 11.2 Å². The Hall–Kier alpha value is -5.48. The highest BCUT2D eigenvalue weighted by Gasteiger charge is 2.14. The van der Waals surface area contributed by atoms with E-state index in [0.29, 0.717) is 0 Å². The lowest BCUT2D eigenvalue weighted by atomic mass is 10.0. The Balaban J connectivity index is 1.25. The predicted molar refractivity (Wildman–Crippen MR) is 166 cm³/mol. The molecule has 0 aliphatic rings. The molecule has 4 heteroatoms. The van der Waals surface area contributed by atoms with Gasteiger partial charge in [-0.05, 0) is 53.6 Å². The molecule has 40 heavy (non-hydrogen) atoms. The second-order valence-corrected chi connectivity index (χ2v) is 9.98. The number of hydrogen-bond donors (Lipinski definition) is 2. The molecule has 190 valence electrons. The molecule has 6 aromatic carbocycles. The molecule has 0 saturated heterocycles. The van der Waals surface area contributed by atoms with Crippen LogP contribution in [-0.2, 0) is 0 Å². The lowest BCUT2D eigenvalue weighted by Gasteiger charge is -2.14. The number of furan rings is 2. The van der Waals surface area contributed by atoms with Gasteiger partial charge in [0.1, 0.15) is 11.2 Å². The summed E-state index contributed by atoms with van der Waals surface area (Å²) in [5.41, 5.74) is 9.43. The van der Waals surface area contributed by atoms with E-state index in [4.69, 9.17) is 8.83 Å². The van der Waals surface area contributed by atoms with E-state index in [1.54, 1.807) is 0 Å². The molecule has 0 spiro atoms. The highest BCUT2D eigenvalue weighted by molar-refractivity contribution is 6.10. The van der Waals surface area contributed by atoms with Gasteiger partial charge in [-0.25, -0.2) is 0 Å². The quantitative estimate of drug-likeness (QED) is 0.239. The van der Waals surface area contributed by atoms with Crippen LogP contribution in [0.3, 0.4) is 0 Å². The monoisotopic (exact) mass is 516 g/mol. The summed E-state index contributed by atoms with van der Waals surface area (Å²) in [6, 6.07) is 45.6. The van der Waals surface area contributed by atoms with Gasteiger partial charge in [0, 0.05) is 32.9 Å². The normalized spacial score (nSPS) is 11.5. The summed E-state index contributed by atoms with van der Waals surface area (Å²) in [6.45, 7) is 0. The minimum Gasteiger partial charge on any atom is -0.454 e. The molecule has 8 rings (SSSR count). The molecule has 0 fully saturated rings. The zero-order valence-corrected chi connectivity index (χ0v) is 21.5. The fourth-order valence-corrected chi connectivity index (χ4v) is 5.57.